The molecule has 1 atom stereocenters. The quantitative estimate of drug-likeness (QED) is 0.743. The fourth-order valence-electron chi connectivity index (χ4n) is 1.55. The summed E-state index contributed by atoms with van der Waals surface area (Å²) in [6.45, 7) is 2.96. The van der Waals surface area contributed by atoms with Crippen LogP contribution in [0.15, 0.2) is 18.3 Å². The molecule has 1 aromatic heterocycles. The van der Waals surface area contributed by atoms with Crippen LogP contribution in [0.2, 0.25) is 0 Å². The van der Waals surface area contributed by atoms with Gasteiger partial charge in [0, 0.05) is 6.20 Å². The van der Waals surface area contributed by atoms with Gasteiger partial charge in [0.25, 0.3) is 5.91 Å². The summed E-state index contributed by atoms with van der Waals surface area (Å²) in [5.41, 5.74) is 1.49. The molecule has 4 heteroatoms. The van der Waals surface area contributed by atoms with Crippen molar-refractivity contribution in [2.75, 3.05) is 6.54 Å². The lowest BCUT2D eigenvalue weighted by Crippen LogP contribution is -2.32. The summed E-state index contributed by atoms with van der Waals surface area (Å²) in [7, 11) is 0. The van der Waals surface area contributed by atoms with Gasteiger partial charge in [-0.15, -0.1) is 0 Å². The minimum absolute atomic E-state index is 0.0401. The number of hydrogen-bond acceptors (Lipinski definition) is 3. The Morgan fingerprint density at radius 2 is 2.50 bits per heavy atom. The molecule has 1 unspecified atom stereocenters. The molecule has 0 radical (unpaired) electrons. The van der Waals surface area contributed by atoms with E-state index in [1.165, 1.54) is 0 Å². The van der Waals surface area contributed by atoms with Gasteiger partial charge in [0.2, 0.25) is 0 Å². The van der Waals surface area contributed by atoms with E-state index >= 15 is 0 Å². The maximum Gasteiger partial charge on any atom is 0.254 e. The Kier molecular flexibility index (Phi) is 2.45. The third-order valence-corrected chi connectivity index (χ3v) is 2.23. The van der Waals surface area contributed by atoms with Crippen LogP contribution in [-0.4, -0.2) is 17.4 Å². The number of carbonyl (C=O) groups is 1. The summed E-state index contributed by atoms with van der Waals surface area (Å²) in [5.74, 6) is -0.0401. The van der Waals surface area contributed by atoms with Gasteiger partial charge in [0.05, 0.1) is 11.3 Å². The highest BCUT2D eigenvalue weighted by molar-refractivity contribution is 5.98. The molecule has 0 fully saturated rings. The van der Waals surface area contributed by atoms with Gasteiger partial charge in [0.1, 0.15) is 6.17 Å². The van der Waals surface area contributed by atoms with Crippen molar-refractivity contribution in [3.63, 3.8) is 0 Å². The zero-order valence-electron chi connectivity index (χ0n) is 8.08. The fraction of sp³-hybridized carbons (Fsp3) is 0.400. The Morgan fingerprint density at radius 1 is 1.64 bits per heavy atom. The van der Waals surface area contributed by atoms with E-state index < -0.39 is 0 Å². The highest BCUT2D eigenvalue weighted by atomic mass is 16.2. The Labute approximate surface area is 82.7 Å². The van der Waals surface area contributed by atoms with Gasteiger partial charge in [0.15, 0.2) is 0 Å². The number of nitrogens with zero attached hydrogens (tertiary/aromatic N) is 1. The van der Waals surface area contributed by atoms with E-state index in [1.807, 2.05) is 0 Å². The molecule has 0 bridgehead atoms. The van der Waals surface area contributed by atoms with Gasteiger partial charge >= 0.3 is 0 Å². The summed E-state index contributed by atoms with van der Waals surface area (Å²) in [6.07, 6.45) is 2.63. The van der Waals surface area contributed by atoms with Crippen molar-refractivity contribution in [3.8, 4) is 0 Å². The number of fused-ring (bicyclic) bond motifs is 1. The van der Waals surface area contributed by atoms with E-state index in [9.17, 15) is 4.79 Å². The SMILES string of the molecule is CCCNC1NC(=O)c2cccnc21. The molecule has 0 saturated carbocycles. The lowest BCUT2D eigenvalue weighted by atomic mass is 10.2. The van der Waals surface area contributed by atoms with Gasteiger partial charge in [-0.1, -0.05) is 6.92 Å². The molecule has 2 N–H and O–H groups in total. The van der Waals surface area contributed by atoms with Crippen molar-refractivity contribution in [3.05, 3.63) is 29.6 Å². The highest BCUT2D eigenvalue weighted by Crippen LogP contribution is 2.19. The summed E-state index contributed by atoms with van der Waals surface area (Å²) in [4.78, 5) is 15.6. The number of pyridine rings is 1. The van der Waals surface area contributed by atoms with Crippen LogP contribution in [0.3, 0.4) is 0 Å². The van der Waals surface area contributed by atoms with E-state index in [-0.39, 0.29) is 12.1 Å². The Hall–Kier alpha value is -1.42. The van der Waals surface area contributed by atoms with E-state index in [4.69, 9.17) is 0 Å². The second-order valence-corrected chi connectivity index (χ2v) is 3.30. The lowest BCUT2D eigenvalue weighted by Gasteiger charge is -2.11. The van der Waals surface area contributed by atoms with E-state index in [0.29, 0.717) is 5.56 Å². The molecule has 0 saturated heterocycles. The molecule has 1 amide bonds. The average Bonchev–Trinajstić information content (AvgIpc) is 2.54. The number of aromatic nitrogens is 1. The maximum atomic E-state index is 11.4. The molecule has 14 heavy (non-hydrogen) atoms. The van der Waals surface area contributed by atoms with Crippen molar-refractivity contribution in [1.82, 2.24) is 15.6 Å². The molecule has 2 heterocycles. The molecule has 0 spiro atoms. The van der Waals surface area contributed by atoms with Gasteiger partial charge in [-0.2, -0.15) is 0 Å². The summed E-state index contributed by atoms with van der Waals surface area (Å²) in [5, 5.41) is 6.06. The number of rotatable bonds is 3. The monoisotopic (exact) mass is 191 g/mol. The van der Waals surface area contributed by atoms with E-state index in [2.05, 4.69) is 22.5 Å². The first-order chi connectivity index (χ1) is 6.83. The zero-order chi connectivity index (χ0) is 9.97. The van der Waals surface area contributed by atoms with Crippen LogP contribution in [0.4, 0.5) is 0 Å². The molecule has 1 aromatic rings. The maximum absolute atomic E-state index is 11.4. The van der Waals surface area contributed by atoms with Crippen LogP contribution in [0.25, 0.3) is 0 Å². The minimum atomic E-state index is -0.112. The predicted molar refractivity (Wildman–Crippen MR) is 52.7 cm³/mol. The van der Waals surface area contributed by atoms with Gasteiger partial charge in [-0.25, -0.2) is 0 Å². The first-order valence-electron chi connectivity index (χ1n) is 4.82. The van der Waals surface area contributed by atoms with Crippen LogP contribution >= 0.6 is 0 Å². The van der Waals surface area contributed by atoms with Crippen LogP contribution < -0.4 is 10.6 Å². The van der Waals surface area contributed by atoms with Crippen molar-refractivity contribution in [2.24, 2.45) is 0 Å². The third-order valence-electron chi connectivity index (χ3n) is 2.23. The Bertz CT molecular complexity index is 351. The second-order valence-electron chi connectivity index (χ2n) is 3.30. The van der Waals surface area contributed by atoms with Crippen LogP contribution in [-0.2, 0) is 0 Å². The van der Waals surface area contributed by atoms with E-state index in [0.717, 1.165) is 18.7 Å². The van der Waals surface area contributed by atoms with Gasteiger partial charge in [-0.3, -0.25) is 15.1 Å². The van der Waals surface area contributed by atoms with Crippen molar-refractivity contribution in [1.29, 1.82) is 0 Å². The summed E-state index contributed by atoms with van der Waals surface area (Å²) >= 11 is 0. The van der Waals surface area contributed by atoms with Crippen LogP contribution in [0.5, 0.6) is 0 Å². The highest BCUT2D eigenvalue weighted by Gasteiger charge is 2.28. The van der Waals surface area contributed by atoms with Gasteiger partial charge in [-0.05, 0) is 25.1 Å². The topological polar surface area (TPSA) is 54.0 Å². The van der Waals surface area contributed by atoms with Crippen molar-refractivity contribution in [2.45, 2.75) is 19.5 Å². The van der Waals surface area contributed by atoms with Crippen molar-refractivity contribution >= 4 is 5.91 Å². The number of amides is 1. The number of carbonyl (C=O) groups excluding carboxylic acids is 1. The average molecular weight is 191 g/mol. The molecule has 2 rings (SSSR count). The molecule has 0 aromatic carbocycles. The zero-order valence-corrected chi connectivity index (χ0v) is 8.08. The Balaban J connectivity index is 2.21. The lowest BCUT2D eigenvalue weighted by molar-refractivity contribution is 0.0951. The van der Waals surface area contributed by atoms with Crippen LogP contribution in [0.1, 0.15) is 35.6 Å². The largest absolute Gasteiger partial charge is 0.331 e. The third kappa shape index (κ3) is 1.48. The summed E-state index contributed by atoms with van der Waals surface area (Å²) < 4.78 is 0. The van der Waals surface area contributed by atoms with Crippen LogP contribution in [0, 0.1) is 0 Å². The summed E-state index contributed by atoms with van der Waals surface area (Å²) in [6, 6.07) is 3.58. The first-order valence-corrected chi connectivity index (χ1v) is 4.82. The fourth-order valence-corrected chi connectivity index (χ4v) is 1.55. The number of hydrogen-bond donors (Lipinski definition) is 2. The van der Waals surface area contributed by atoms with E-state index in [1.54, 1.807) is 18.3 Å². The molecular weight excluding hydrogens is 178 g/mol. The second kappa shape index (κ2) is 3.75. The molecule has 4 nitrogen and oxygen atoms in total. The minimum Gasteiger partial charge on any atom is -0.331 e. The first kappa shape index (κ1) is 9.15. The molecular formula is C10H13N3O. The molecule has 0 aliphatic carbocycles. The Morgan fingerprint density at radius 3 is 3.29 bits per heavy atom. The smallest absolute Gasteiger partial charge is 0.254 e. The molecule has 74 valence electrons. The molecule has 1 aliphatic rings. The van der Waals surface area contributed by atoms with Crippen molar-refractivity contribution < 1.29 is 4.79 Å². The normalized spacial score (nSPS) is 19.2. The van der Waals surface area contributed by atoms with Gasteiger partial charge < -0.3 is 5.32 Å². The standard InChI is InChI=1S/C10H13N3O/c1-2-5-12-9-8-7(10(14)13-9)4-3-6-11-8/h3-4,6,9,12H,2,5H2,1H3,(H,13,14). The number of nitrogens with one attached hydrogen (secondary N) is 2. The predicted octanol–water partition coefficient (Wildman–Crippen LogP) is 0.823. The molecule has 1 aliphatic heterocycles.